The Kier molecular flexibility index (Phi) is 5.72. The van der Waals surface area contributed by atoms with Crippen LogP contribution in [0.15, 0.2) is 42.5 Å². The molecule has 0 radical (unpaired) electrons. The van der Waals surface area contributed by atoms with Crippen molar-refractivity contribution in [2.75, 3.05) is 18.5 Å². The molecule has 4 nitrogen and oxygen atoms in total. The molecule has 1 N–H and O–H groups in total. The number of pyridine rings is 1. The molecule has 2 heterocycles. The first kappa shape index (κ1) is 16.1. The van der Waals surface area contributed by atoms with Gasteiger partial charge in [0, 0.05) is 25.3 Å². The molecular formula is C18H21ClN2O2. The summed E-state index contributed by atoms with van der Waals surface area (Å²) in [4.78, 5) is 4.29. The Hall–Kier alpha value is -1.78. The SMILES string of the molecule is Clc1cc(OCc2ccccc2)cc(NCC2CCCCO2)n1. The predicted octanol–water partition coefficient (Wildman–Crippen LogP) is 4.30. The number of benzene rings is 1. The molecule has 1 aliphatic heterocycles. The van der Waals surface area contributed by atoms with Crippen molar-refractivity contribution in [3.05, 3.63) is 53.2 Å². The summed E-state index contributed by atoms with van der Waals surface area (Å²) < 4.78 is 11.5. The zero-order valence-corrected chi connectivity index (χ0v) is 13.8. The lowest BCUT2D eigenvalue weighted by atomic mass is 10.1. The Labute approximate surface area is 141 Å². The third kappa shape index (κ3) is 5.12. The van der Waals surface area contributed by atoms with Crippen molar-refractivity contribution in [2.24, 2.45) is 0 Å². The van der Waals surface area contributed by atoms with E-state index in [1.54, 1.807) is 6.07 Å². The van der Waals surface area contributed by atoms with Gasteiger partial charge in [-0.1, -0.05) is 41.9 Å². The molecule has 1 saturated heterocycles. The minimum absolute atomic E-state index is 0.248. The third-order valence-electron chi connectivity index (χ3n) is 3.80. The first-order valence-electron chi connectivity index (χ1n) is 7.99. The van der Waals surface area contributed by atoms with Crippen LogP contribution in [0, 0.1) is 0 Å². The number of hydrogen-bond acceptors (Lipinski definition) is 4. The summed E-state index contributed by atoms with van der Waals surface area (Å²) in [7, 11) is 0. The first-order valence-corrected chi connectivity index (χ1v) is 8.37. The Morgan fingerprint density at radius 1 is 1.22 bits per heavy atom. The molecule has 1 aromatic heterocycles. The predicted molar refractivity (Wildman–Crippen MR) is 92.1 cm³/mol. The molecule has 1 aliphatic rings. The highest BCUT2D eigenvalue weighted by Crippen LogP contribution is 2.22. The number of nitrogens with one attached hydrogen (secondary N) is 1. The van der Waals surface area contributed by atoms with Gasteiger partial charge in [0.1, 0.15) is 23.3 Å². The van der Waals surface area contributed by atoms with E-state index in [0.29, 0.717) is 17.5 Å². The van der Waals surface area contributed by atoms with Crippen molar-refractivity contribution in [3.63, 3.8) is 0 Å². The molecule has 0 aliphatic carbocycles. The van der Waals surface area contributed by atoms with Crippen molar-refractivity contribution in [1.82, 2.24) is 4.98 Å². The van der Waals surface area contributed by atoms with Crippen molar-refractivity contribution < 1.29 is 9.47 Å². The number of halogens is 1. The Morgan fingerprint density at radius 2 is 2.09 bits per heavy atom. The summed E-state index contributed by atoms with van der Waals surface area (Å²) in [5.74, 6) is 1.43. The fourth-order valence-corrected chi connectivity index (χ4v) is 2.77. The van der Waals surface area contributed by atoms with Crippen LogP contribution in [-0.4, -0.2) is 24.2 Å². The normalized spacial score (nSPS) is 17.7. The smallest absolute Gasteiger partial charge is 0.135 e. The Morgan fingerprint density at radius 3 is 2.87 bits per heavy atom. The van der Waals surface area contributed by atoms with E-state index in [1.807, 2.05) is 36.4 Å². The van der Waals surface area contributed by atoms with Gasteiger partial charge in [-0.05, 0) is 24.8 Å². The highest BCUT2D eigenvalue weighted by atomic mass is 35.5. The van der Waals surface area contributed by atoms with Gasteiger partial charge in [0.15, 0.2) is 0 Å². The van der Waals surface area contributed by atoms with Crippen LogP contribution in [0.3, 0.4) is 0 Å². The number of hydrogen-bond donors (Lipinski definition) is 1. The van der Waals surface area contributed by atoms with Gasteiger partial charge in [-0.25, -0.2) is 4.98 Å². The van der Waals surface area contributed by atoms with Gasteiger partial charge in [-0.3, -0.25) is 0 Å². The Bertz CT molecular complexity index is 616. The van der Waals surface area contributed by atoms with E-state index in [2.05, 4.69) is 10.3 Å². The molecule has 0 amide bonds. The van der Waals surface area contributed by atoms with Crippen molar-refractivity contribution in [1.29, 1.82) is 0 Å². The molecule has 1 unspecified atom stereocenters. The fourth-order valence-electron chi connectivity index (χ4n) is 2.58. The number of nitrogens with zero attached hydrogens (tertiary/aromatic N) is 1. The topological polar surface area (TPSA) is 43.4 Å². The zero-order chi connectivity index (χ0) is 15.9. The van der Waals surface area contributed by atoms with Crippen LogP contribution < -0.4 is 10.1 Å². The second-order valence-corrected chi connectivity index (χ2v) is 6.04. The second kappa shape index (κ2) is 8.18. The van der Waals surface area contributed by atoms with Crippen LogP contribution in [0.5, 0.6) is 5.75 Å². The van der Waals surface area contributed by atoms with Crippen molar-refractivity contribution in [2.45, 2.75) is 32.0 Å². The lowest BCUT2D eigenvalue weighted by Gasteiger charge is -2.23. The monoisotopic (exact) mass is 332 g/mol. The molecule has 1 fully saturated rings. The van der Waals surface area contributed by atoms with Gasteiger partial charge >= 0.3 is 0 Å². The van der Waals surface area contributed by atoms with Gasteiger partial charge in [0.05, 0.1) is 6.10 Å². The molecule has 0 saturated carbocycles. The summed E-state index contributed by atoms with van der Waals surface area (Å²) in [5.41, 5.74) is 1.12. The van der Waals surface area contributed by atoms with Gasteiger partial charge in [0.2, 0.25) is 0 Å². The highest BCUT2D eigenvalue weighted by molar-refractivity contribution is 6.29. The van der Waals surface area contributed by atoms with E-state index >= 15 is 0 Å². The summed E-state index contributed by atoms with van der Waals surface area (Å²) >= 11 is 6.09. The molecule has 3 rings (SSSR count). The van der Waals surface area contributed by atoms with Crippen molar-refractivity contribution in [3.8, 4) is 5.75 Å². The number of ether oxygens (including phenoxy) is 2. The zero-order valence-electron chi connectivity index (χ0n) is 13.0. The molecular weight excluding hydrogens is 312 g/mol. The van der Waals surface area contributed by atoms with E-state index < -0.39 is 0 Å². The molecule has 0 bridgehead atoms. The minimum atomic E-state index is 0.248. The third-order valence-corrected chi connectivity index (χ3v) is 3.99. The summed E-state index contributed by atoms with van der Waals surface area (Å²) in [6.07, 6.45) is 3.72. The summed E-state index contributed by atoms with van der Waals surface area (Å²) in [6.45, 7) is 2.10. The van der Waals surface area contributed by atoms with Crippen LogP contribution in [-0.2, 0) is 11.3 Å². The average molecular weight is 333 g/mol. The number of rotatable bonds is 6. The van der Waals surface area contributed by atoms with E-state index in [1.165, 1.54) is 6.42 Å². The molecule has 2 aromatic rings. The highest BCUT2D eigenvalue weighted by Gasteiger charge is 2.14. The van der Waals surface area contributed by atoms with E-state index in [-0.39, 0.29) is 6.10 Å². The van der Waals surface area contributed by atoms with Crippen LogP contribution in [0.25, 0.3) is 0 Å². The molecule has 23 heavy (non-hydrogen) atoms. The first-order chi connectivity index (χ1) is 11.3. The van der Waals surface area contributed by atoms with Crippen LogP contribution in [0.2, 0.25) is 5.15 Å². The van der Waals surface area contributed by atoms with Crippen LogP contribution >= 0.6 is 11.6 Å². The largest absolute Gasteiger partial charge is 0.489 e. The van der Waals surface area contributed by atoms with Gasteiger partial charge in [-0.2, -0.15) is 0 Å². The number of aromatic nitrogens is 1. The second-order valence-electron chi connectivity index (χ2n) is 5.65. The van der Waals surface area contributed by atoms with E-state index in [0.717, 1.165) is 37.4 Å². The molecule has 1 aromatic carbocycles. The van der Waals surface area contributed by atoms with Crippen LogP contribution in [0.4, 0.5) is 5.82 Å². The van der Waals surface area contributed by atoms with Gasteiger partial charge in [-0.15, -0.1) is 0 Å². The molecule has 1 atom stereocenters. The molecule has 0 spiro atoms. The van der Waals surface area contributed by atoms with Gasteiger partial charge < -0.3 is 14.8 Å². The maximum Gasteiger partial charge on any atom is 0.135 e. The lowest BCUT2D eigenvalue weighted by Crippen LogP contribution is -2.27. The average Bonchev–Trinajstić information content (AvgIpc) is 2.60. The lowest BCUT2D eigenvalue weighted by molar-refractivity contribution is 0.0247. The fraction of sp³-hybridized carbons (Fsp3) is 0.389. The maximum atomic E-state index is 6.09. The Balaban J connectivity index is 1.57. The summed E-state index contributed by atoms with van der Waals surface area (Å²) in [6, 6.07) is 13.6. The molecule has 5 heteroatoms. The van der Waals surface area contributed by atoms with Crippen LogP contribution in [0.1, 0.15) is 24.8 Å². The minimum Gasteiger partial charge on any atom is -0.489 e. The maximum absolute atomic E-state index is 6.09. The van der Waals surface area contributed by atoms with Crippen molar-refractivity contribution >= 4 is 17.4 Å². The van der Waals surface area contributed by atoms with E-state index in [4.69, 9.17) is 21.1 Å². The molecule has 122 valence electrons. The van der Waals surface area contributed by atoms with E-state index in [9.17, 15) is 0 Å². The summed E-state index contributed by atoms with van der Waals surface area (Å²) in [5, 5.41) is 3.71. The van der Waals surface area contributed by atoms with Gasteiger partial charge in [0.25, 0.3) is 0 Å². The standard InChI is InChI=1S/C18H21ClN2O2/c19-17-10-16(23-13-14-6-2-1-3-7-14)11-18(21-17)20-12-15-8-4-5-9-22-15/h1-3,6-7,10-11,15H,4-5,8-9,12-13H2,(H,20,21). The quantitative estimate of drug-likeness (QED) is 0.801. The number of anilines is 1.